The third-order valence-corrected chi connectivity index (χ3v) is 12.6. The molecule has 0 radical (unpaired) electrons. The Morgan fingerprint density at radius 1 is 0.829 bits per heavy atom. The van der Waals surface area contributed by atoms with Crippen LogP contribution in [0.3, 0.4) is 0 Å². The first-order valence-corrected chi connectivity index (χ1v) is 25.4. The molecule has 0 saturated heterocycles. The molecule has 0 spiro atoms. The van der Waals surface area contributed by atoms with E-state index in [0.717, 1.165) is 11.1 Å². The summed E-state index contributed by atoms with van der Waals surface area (Å²) in [5.41, 5.74) is 8.55. The molecule has 4 bridgehead atoms. The van der Waals surface area contributed by atoms with E-state index < -0.39 is 83.1 Å². The number of ether oxygens (including phenoxy) is 4. The van der Waals surface area contributed by atoms with E-state index in [-0.39, 0.29) is 83.8 Å². The number of rotatable bonds is 14. The summed E-state index contributed by atoms with van der Waals surface area (Å²) in [6.45, 7) is 21.4. The minimum absolute atomic E-state index is 0.00464. The first-order valence-electron chi connectivity index (χ1n) is 25.4. The van der Waals surface area contributed by atoms with Crippen LogP contribution in [-0.4, -0.2) is 113 Å². The summed E-state index contributed by atoms with van der Waals surface area (Å²) in [6, 6.07) is 12.9. The highest BCUT2D eigenvalue weighted by atomic mass is 16.6. The van der Waals surface area contributed by atoms with E-state index in [2.05, 4.69) is 36.7 Å². The van der Waals surface area contributed by atoms with Crippen LogP contribution in [0.1, 0.15) is 133 Å². The second-order valence-corrected chi connectivity index (χ2v) is 22.3. The van der Waals surface area contributed by atoms with Gasteiger partial charge in [-0.15, -0.1) is 0 Å². The number of amides is 4. The highest BCUT2D eigenvalue weighted by Crippen LogP contribution is 2.43. The molecule has 0 unspecified atom stereocenters. The van der Waals surface area contributed by atoms with Crippen molar-refractivity contribution in [2.24, 2.45) is 11.8 Å². The van der Waals surface area contributed by atoms with Crippen molar-refractivity contribution in [2.75, 3.05) is 39.6 Å². The van der Waals surface area contributed by atoms with Crippen LogP contribution in [0.25, 0.3) is 22.5 Å². The smallest absolute Gasteiger partial charge is 0.407 e. The molecule has 410 valence electrons. The number of ketones is 2. The topological polar surface area (TPSA) is 268 Å². The molecular weight excluding hydrogens is 975 g/mol. The quantitative estimate of drug-likeness (QED) is 0.0200. The zero-order chi connectivity index (χ0) is 56.6. The summed E-state index contributed by atoms with van der Waals surface area (Å²) < 4.78 is 22.1. The van der Waals surface area contributed by atoms with Gasteiger partial charge in [0, 0.05) is 61.4 Å². The van der Waals surface area contributed by atoms with Gasteiger partial charge in [0.2, 0.25) is 11.8 Å². The number of carbonyl (C=O) groups is 7. The van der Waals surface area contributed by atoms with Crippen molar-refractivity contribution in [1.29, 1.82) is 0 Å². The first-order chi connectivity index (χ1) is 35.4. The maximum Gasteiger partial charge on any atom is 0.407 e. The van der Waals surface area contributed by atoms with Gasteiger partial charge in [-0.2, -0.15) is 0 Å². The van der Waals surface area contributed by atoms with Gasteiger partial charge in [-0.05, 0) is 108 Å². The number of likely N-dealkylation sites (N-methyl/N-ethyl adjacent to an activating group) is 1. The van der Waals surface area contributed by atoms with Gasteiger partial charge in [-0.3, -0.25) is 19.2 Å². The summed E-state index contributed by atoms with van der Waals surface area (Å²) in [4.78, 5) is 108. The number of carbonyl (C=O) groups excluding carboxylic acids is 7. The lowest BCUT2D eigenvalue weighted by atomic mass is 9.86. The number of methoxy groups -OCH3 is 1. The summed E-state index contributed by atoms with van der Waals surface area (Å²) in [5.74, 6) is -5.08. The van der Waals surface area contributed by atoms with E-state index in [1.165, 1.54) is 38.1 Å². The monoisotopic (exact) mass is 1050 g/mol. The number of nitrogens with two attached hydrogens (primary N) is 1. The van der Waals surface area contributed by atoms with Crippen LogP contribution in [0.4, 0.5) is 15.3 Å². The maximum absolute atomic E-state index is 15.2. The minimum atomic E-state index is -1.43. The number of esters is 1. The van der Waals surface area contributed by atoms with Crippen molar-refractivity contribution in [3.8, 4) is 34.0 Å². The van der Waals surface area contributed by atoms with E-state index in [9.17, 15) is 33.9 Å². The van der Waals surface area contributed by atoms with Gasteiger partial charge < -0.3 is 50.6 Å². The van der Waals surface area contributed by atoms with Crippen LogP contribution in [-0.2, 0) is 45.2 Å². The van der Waals surface area contributed by atoms with E-state index >= 15 is 4.79 Å². The Kier molecular flexibility index (Phi) is 19.0. The summed E-state index contributed by atoms with van der Waals surface area (Å²) in [7, 11) is 2.58. The Hall–Kier alpha value is -7.57. The molecule has 1 aliphatic heterocycles. The Labute approximate surface area is 445 Å². The number of alkyl carbamates (subject to hydrolysis) is 2. The molecule has 4 atom stereocenters. The lowest BCUT2D eigenvalue weighted by Gasteiger charge is -2.32. The molecule has 76 heavy (non-hydrogen) atoms. The SMILES string of the molecule is COC(=O)[C@@H]1Cc2cc(N)c(O)c(c2)-c2cc(ccc2OCCNC(=O)OC(C)(C)C)[C@H](N(C)C(=O)[C@H](CCNC(=O)OC(C)(C)C)CC(=O)c2c(C)nc(-c3ccc(C(C)(C)C)cc3)nc2C)C(=O)C[C@@H](C)C(=O)N1. The van der Waals surface area contributed by atoms with Crippen LogP contribution in [0.15, 0.2) is 54.6 Å². The highest BCUT2D eigenvalue weighted by molar-refractivity contribution is 6.01. The molecule has 4 amide bonds. The number of hydrogen-bond acceptors (Lipinski definition) is 15. The molecule has 2 heterocycles. The van der Waals surface area contributed by atoms with E-state index in [1.54, 1.807) is 73.6 Å². The fourth-order valence-electron chi connectivity index (χ4n) is 8.83. The Balaban J connectivity index is 1.61. The lowest BCUT2D eigenvalue weighted by molar-refractivity contribution is -0.146. The van der Waals surface area contributed by atoms with Gasteiger partial charge in [0.25, 0.3) is 0 Å². The van der Waals surface area contributed by atoms with Gasteiger partial charge in [0.1, 0.15) is 41.4 Å². The molecule has 1 aliphatic rings. The summed E-state index contributed by atoms with van der Waals surface area (Å²) in [6.07, 6.45) is -2.40. The van der Waals surface area contributed by atoms with Crippen LogP contribution in [0, 0.1) is 25.7 Å². The molecule has 4 aromatic rings. The van der Waals surface area contributed by atoms with E-state index in [4.69, 9.17) is 34.6 Å². The van der Waals surface area contributed by atoms with Gasteiger partial charge in [-0.25, -0.2) is 24.4 Å². The lowest BCUT2D eigenvalue weighted by Crippen LogP contribution is -2.46. The van der Waals surface area contributed by atoms with Crippen molar-refractivity contribution in [3.63, 3.8) is 0 Å². The molecule has 0 fully saturated rings. The summed E-state index contributed by atoms with van der Waals surface area (Å²) >= 11 is 0. The van der Waals surface area contributed by atoms with Crippen LogP contribution in [0.5, 0.6) is 11.5 Å². The minimum Gasteiger partial charge on any atom is -0.505 e. The number of nitrogens with one attached hydrogen (secondary N) is 3. The molecule has 0 aliphatic carbocycles. The Bertz CT molecular complexity index is 2800. The number of benzene rings is 3. The fourth-order valence-corrected chi connectivity index (χ4v) is 8.83. The Morgan fingerprint density at radius 2 is 1.42 bits per heavy atom. The second kappa shape index (κ2) is 24.4. The molecule has 6 N–H and O–H groups in total. The third kappa shape index (κ3) is 15.7. The van der Waals surface area contributed by atoms with E-state index in [0.29, 0.717) is 22.8 Å². The number of aromatic hydroxyl groups is 1. The number of hydrogen-bond donors (Lipinski definition) is 5. The zero-order valence-corrected chi connectivity index (χ0v) is 46.3. The third-order valence-electron chi connectivity index (χ3n) is 12.6. The van der Waals surface area contributed by atoms with Crippen LogP contribution in [0.2, 0.25) is 0 Å². The predicted octanol–water partition coefficient (Wildman–Crippen LogP) is 8.03. The molecule has 3 aromatic carbocycles. The molecule has 19 heteroatoms. The van der Waals surface area contributed by atoms with Crippen molar-refractivity contribution in [1.82, 2.24) is 30.8 Å². The normalized spacial score (nSPS) is 16.5. The highest BCUT2D eigenvalue weighted by Gasteiger charge is 2.37. The number of anilines is 1. The second-order valence-electron chi connectivity index (χ2n) is 22.3. The number of Topliss-reactive ketones (excluding diaryl/α,β-unsaturated/α-hetero) is 2. The number of phenols is 1. The number of nitrogens with zero attached hydrogens (tertiary/aromatic N) is 3. The number of fused-ring (bicyclic) bond motifs is 5. The number of aryl methyl sites for hydroxylation is 2. The molecule has 19 nitrogen and oxygen atoms in total. The van der Waals surface area contributed by atoms with Crippen molar-refractivity contribution in [2.45, 2.75) is 137 Å². The van der Waals surface area contributed by atoms with Crippen molar-refractivity contribution in [3.05, 3.63) is 88.2 Å². The van der Waals surface area contributed by atoms with Crippen molar-refractivity contribution < 1.29 is 57.6 Å². The van der Waals surface area contributed by atoms with E-state index in [1.807, 2.05) is 24.3 Å². The van der Waals surface area contributed by atoms with Gasteiger partial charge >= 0.3 is 18.2 Å². The molecule has 1 aromatic heterocycles. The molecular formula is C57H75N7O12. The zero-order valence-electron chi connectivity index (χ0n) is 46.3. The Morgan fingerprint density at radius 3 is 1.99 bits per heavy atom. The largest absolute Gasteiger partial charge is 0.505 e. The van der Waals surface area contributed by atoms with Crippen molar-refractivity contribution >= 4 is 47.2 Å². The standard InChI is InChI=1S/C57H75N7O12/c1-31-25-44(66)47(36-17-20-45(74-24-23-60-54(72)76-57(10,11)12)39(29-36)40-26-34(27-41(58)48(40)67)28-42(52(70)73-14)63-50(31)68)64(13)51(69)37(21-22-59-53(71)75-56(7,8)9)30-43(65)46-32(2)61-49(62-33(46)3)35-15-18-38(19-16-35)55(4,5)6/h15-20,26-27,29,31,37,42,47,67H,21-25,28,30,58H2,1-14H3,(H,59,71)(H,60,72)(H,63,68)/t31-,37-,42+,47+/m1/s1. The maximum atomic E-state index is 15.2. The van der Waals surface area contributed by atoms with Gasteiger partial charge in [0.15, 0.2) is 17.4 Å². The van der Waals surface area contributed by atoms with Gasteiger partial charge in [-0.1, -0.05) is 58.0 Å². The molecule has 0 saturated carbocycles. The average molecular weight is 1050 g/mol. The van der Waals surface area contributed by atoms with Crippen LogP contribution >= 0.6 is 0 Å². The number of nitrogen functional groups attached to an aromatic ring is 1. The number of phenolic OH excluding ortho intramolecular Hbond substituents is 1. The number of aromatic nitrogens is 2. The average Bonchev–Trinajstić information content (AvgIpc) is 3.31. The van der Waals surface area contributed by atoms with Crippen LogP contribution < -0.4 is 26.4 Å². The van der Waals surface area contributed by atoms with Gasteiger partial charge in [0.05, 0.1) is 36.3 Å². The molecule has 5 rings (SSSR count). The predicted molar refractivity (Wildman–Crippen MR) is 287 cm³/mol. The summed E-state index contributed by atoms with van der Waals surface area (Å²) in [5, 5.41) is 19.6. The first kappa shape index (κ1) is 59.3. The fraction of sp³-hybridized carbons (Fsp3) is 0.491.